The molecule has 7 heteroatoms. The van der Waals surface area contributed by atoms with Crippen molar-refractivity contribution >= 4 is 29.1 Å². The molecule has 1 aliphatic rings. The van der Waals surface area contributed by atoms with Gasteiger partial charge in [0.05, 0.1) is 29.9 Å². The predicted molar refractivity (Wildman–Crippen MR) is 124 cm³/mol. The maximum atomic E-state index is 13.1. The second kappa shape index (κ2) is 10.1. The van der Waals surface area contributed by atoms with Gasteiger partial charge in [0.2, 0.25) is 0 Å². The molecule has 1 N–H and O–H groups in total. The van der Waals surface area contributed by atoms with E-state index in [2.05, 4.69) is 0 Å². The number of methoxy groups -OCH3 is 1. The molecule has 1 unspecified atom stereocenters. The monoisotopic (exact) mass is 457 g/mol. The highest BCUT2D eigenvalue weighted by Crippen LogP contribution is 2.43. The molecule has 0 radical (unpaired) electrons. The van der Waals surface area contributed by atoms with Crippen molar-refractivity contribution in [3.63, 3.8) is 0 Å². The number of rotatable bonds is 8. The lowest BCUT2D eigenvalue weighted by Gasteiger charge is -2.27. The van der Waals surface area contributed by atoms with Crippen LogP contribution in [0.2, 0.25) is 5.02 Å². The fourth-order valence-corrected chi connectivity index (χ4v) is 4.06. The Morgan fingerprint density at radius 2 is 1.88 bits per heavy atom. The summed E-state index contributed by atoms with van der Waals surface area (Å²) in [5.74, 6) is -0.636. The Balaban J connectivity index is 2.21. The van der Waals surface area contributed by atoms with Gasteiger partial charge in [-0.05, 0) is 44.5 Å². The number of halogens is 1. The topological polar surface area (TPSA) is 76.1 Å². The highest BCUT2D eigenvalue weighted by Gasteiger charge is 2.46. The summed E-state index contributed by atoms with van der Waals surface area (Å²) in [4.78, 5) is 27.6. The van der Waals surface area contributed by atoms with Gasteiger partial charge < -0.3 is 19.5 Å². The van der Waals surface area contributed by atoms with E-state index in [1.807, 2.05) is 39.0 Å². The van der Waals surface area contributed by atoms with Crippen LogP contribution in [0, 0.1) is 0 Å². The number of para-hydroxylation sites is 1. The normalized spacial score (nSPS) is 17.8. The molecule has 32 heavy (non-hydrogen) atoms. The maximum absolute atomic E-state index is 13.1. The standard InChI is InChI=1S/C25H28ClNO5/c1-5-6-13-27-22(17-9-7-8-10-19(17)32-15(2)3)21(24(29)25(27)30)23(28)16-11-12-20(31-4)18(26)14-16/h7-12,14-15,22,28H,5-6,13H2,1-4H3/b23-21-. The highest BCUT2D eigenvalue weighted by molar-refractivity contribution is 6.46. The van der Waals surface area contributed by atoms with Crippen LogP contribution in [-0.4, -0.2) is 41.5 Å². The zero-order chi connectivity index (χ0) is 23.4. The van der Waals surface area contributed by atoms with Crippen LogP contribution in [0.25, 0.3) is 5.76 Å². The van der Waals surface area contributed by atoms with Crippen LogP contribution in [0.15, 0.2) is 48.0 Å². The molecule has 1 heterocycles. The third-order valence-corrected chi connectivity index (χ3v) is 5.59. The van der Waals surface area contributed by atoms with Gasteiger partial charge in [0, 0.05) is 17.7 Å². The van der Waals surface area contributed by atoms with Crippen molar-refractivity contribution in [2.75, 3.05) is 13.7 Å². The second-order valence-corrected chi connectivity index (χ2v) is 8.31. The summed E-state index contributed by atoms with van der Waals surface area (Å²) in [6.07, 6.45) is 1.48. The van der Waals surface area contributed by atoms with Crippen LogP contribution in [0.4, 0.5) is 0 Å². The number of hydrogen-bond acceptors (Lipinski definition) is 5. The molecule has 0 saturated carbocycles. The van der Waals surface area contributed by atoms with Gasteiger partial charge in [-0.15, -0.1) is 0 Å². The van der Waals surface area contributed by atoms with E-state index < -0.39 is 17.7 Å². The molecule has 0 aliphatic carbocycles. The van der Waals surface area contributed by atoms with Crippen molar-refractivity contribution < 1.29 is 24.2 Å². The van der Waals surface area contributed by atoms with Crippen LogP contribution in [0.5, 0.6) is 11.5 Å². The van der Waals surface area contributed by atoms with Gasteiger partial charge in [-0.3, -0.25) is 9.59 Å². The SMILES string of the molecule is CCCCN1C(=O)C(=O)/C(=C(\O)c2ccc(OC)c(Cl)c2)C1c1ccccc1OC(C)C. The Bertz CT molecular complexity index is 1050. The van der Waals surface area contributed by atoms with Gasteiger partial charge in [-0.1, -0.05) is 43.1 Å². The summed E-state index contributed by atoms with van der Waals surface area (Å²) in [5, 5.41) is 11.5. The minimum Gasteiger partial charge on any atom is -0.507 e. The van der Waals surface area contributed by atoms with Gasteiger partial charge >= 0.3 is 0 Å². The Labute approximate surface area is 193 Å². The van der Waals surface area contributed by atoms with E-state index >= 15 is 0 Å². The molecule has 0 spiro atoms. The van der Waals surface area contributed by atoms with E-state index in [0.717, 1.165) is 12.8 Å². The molecule has 3 rings (SSSR count). The van der Waals surface area contributed by atoms with Crippen LogP contribution < -0.4 is 9.47 Å². The number of amides is 1. The zero-order valence-electron chi connectivity index (χ0n) is 18.7. The first-order chi connectivity index (χ1) is 15.3. The van der Waals surface area contributed by atoms with Gasteiger partial charge in [0.15, 0.2) is 0 Å². The number of ether oxygens (including phenoxy) is 2. The Morgan fingerprint density at radius 1 is 1.16 bits per heavy atom. The number of nitrogens with zero attached hydrogens (tertiary/aromatic N) is 1. The molecule has 2 aromatic carbocycles. The number of ketones is 1. The Morgan fingerprint density at radius 3 is 2.50 bits per heavy atom. The molecule has 1 fully saturated rings. The van der Waals surface area contributed by atoms with E-state index in [-0.39, 0.29) is 22.5 Å². The quantitative estimate of drug-likeness (QED) is 0.328. The van der Waals surface area contributed by atoms with E-state index in [1.165, 1.54) is 18.1 Å². The first-order valence-corrected chi connectivity index (χ1v) is 11.1. The van der Waals surface area contributed by atoms with Gasteiger partial charge in [0.25, 0.3) is 11.7 Å². The molecule has 170 valence electrons. The average Bonchev–Trinajstić information content (AvgIpc) is 3.01. The summed E-state index contributed by atoms with van der Waals surface area (Å²) in [7, 11) is 1.49. The smallest absolute Gasteiger partial charge is 0.295 e. The number of aliphatic hydroxyl groups is 1. The summed E-state index contributed by atoms with van der Waals surface area (Å²) < 4.78 is 11.1. The number of aliphatic hydroxyl groups excluding tert-OH is 1. The molecule has 1 saturated heterocycles. The summed E-state index contributed by atoms with van der Waals surface area (Å²) in [6.45, 7) is 6.22. The third kappa shape index (κ3) is 4.60. The number of hydrogen-bond donors (Lipinski definition) is 1. The van der Waals surface area contributed by atoms with Crippen LogP contribution >= 0.6 is 11.6 Å². The lowest BCUT2D eigenvalue weighted by atomic mass is 9.94. The summed E-state index contributed by atoms with van der Waals surface area (Å²) in [5.41, 5.74) is 1.00. The lowest BCUT2D eigenvalue weighted by molar-refractivity contribution is -0.139. The van der Waals surface area contributed by atoms with Crippen LogP contribution in [0.1, 0.15) is 50.8 Å². The van der Waals surface area contributed by atoms with Crippen molar-refractivity contribution in [3.8, 4) is 11.5 Å². The molecule has 0 aromatic heterocycles. The fraction of sp³-hybridized carbons (Fsp3) is 0.360. The molecular weight excluding hydrogens is 430 g/mol. The average molecular weight is 458 g/mol. The fourth-order valence-electron chi connectivity index (χ4n) is 3.80. The number of carbonyl (C=O) groups is 2. The molecule has 6 nitrogen and oxygen atoms in total. The van der Waals surface area contributed by atoms with E-state index in [1.54, 1.807) is 18.2 Å². The van der Waals surface area contributed by atoms with Gasteiger partial charge in [-0.2, -0.15) is 0 Å². The van der Waals surface area contributed by atoms with Crippen molar-refractivity contribution in [1.82, 2.24) is 4.90 Å². The van der Waals surface area contributed by atoms with Crippen molar-refractivity contribution in [2.45, 2.75) is 45.8 Å². The minimum atomic E-state index is -0.766. The van der Waals surface area contributed by atoms with Crippen molar-refractivity contribution in [3.05, 3.63) is 64.2 Å². The zero-order valence-corrected chi connectivity index (χ0v) is 19.5. The number of carbonyl (C=O) groups excluding carboxylic acids is 2. The van der Waals surface area contributed by atoms with E-state index in [0.29, 0.717) is 29.2 Å². The number of Topliss-reactive ketones (excluding diaryl/α,β-unsaturated/α-hetero) is 1. The Hall–Kier alpha value is -2.99. The Kier molecular flexibility index (Phi) is 7.46. The van der Waals surface area contributed by atoms with Crippen molar-refractivity contribution in [1.29, 1.82) is 0 Å². The lowest BCUT2D eigenvalue weighted by Crippen LogP contribution is -2.31. The van der Waals surface area contributed by atoms with Crippen LogP contribution in [0.3, 0.4) is 0 Å². The third-order valence-electron chi connectivity index (χ3n) is 5.29. The molecule has 1 atom stereocenters. The first-order valence-electron chi connectivity index (χ1n) is 10.7. The number of benzene rings is 2. The molecule has 1 amide bonds. The van der Waals surface area contributed by atoms with E-state index in [9.17, 15) is 14.7 Å². The maximum Gasteiger partial charge on any atom is 0.295 e. The largest absolute Gasteiger partial charge is 0.507 e. The van der Waals surface area contributed by atoms with Crippen LogP contribution in [-0.2, 0) is 9.59 Å². The van der Waals surface area contributed by atoms with Crippen molar-refractivity contribution in [2.24, 2.45) is 0 Å². The number of unbranched alkanes of at least 4 members (excludes halogenated alkanes) is 1. The summed E-state index contributed by atoms with van der Waals surface area (Å²) in [6, 6.07) is 11.2. The summed E-state index contributed by atoms with van der Waals surface area (Å²) >= 11 is 6.24. The second-order valence-electron chi connectivity index (χ2n) is 7.90. The molecular formula is C25H28ClNO5. The molecule has 1 aliphatic heterocycles. The minimum absolute atomic E-state index is 0.0205. The molecule has 0 bridgehead atoms. The molecule has 2 aromatic rings. The first kappa shape index (κ1) is 23.7. The predicted octanol–water partition coefficient (Wildman–Crippen LogP) is 5.36. The van der Waals surface area contributed by atoms with E-state index in [4.69, 9.17) is 21.1 Å². The van der Waals surface area contributed by atoms with Gasteiger partial charge in [-0.25, -0.2) is 0 Å². The number of likely N-dealkylation sites (tertiary alicyclic amines) is 1. The van der Waals surface area contributed by atoms with Gasteiger partial charge in [0.1, 0.15) is 17.3 Å². The highest BCUT2D eigenvalue weighted by atomic mass is 35.5.